The highest BCUT2D eigenvalue weighted by Gasteiger charge is 2.17. The third-order valence-electron chi connectivity index (χ3n) is 2.43. The van der Waals surface area contributed by atoms with Crippen molar-refractivity contribution in [2.24, 2.45) is 11.8 Å². The maximum atomic E-state index is 5.17. The predicted molar refractivity (Wildman–Crippen MR) is 42.9 cm³/mol. The van der Waals surface area contributed by atoms with Crippen molar-refractivity contribution in [1.82, 2.24) is 0 Å². The average Bonchev–Trinajstić information content (AvgIpc) is 1.95. The van der Waals surface area contributed by atoms with E-state index in [9.17, 15) is 0 Å². The van der Waals surface area contributed by atoms with Crippen molar-refractivity contribution < 1.29 is 4.29 Å². The first kappa shape index (κ1) is 8.35. The Balaban J connectivity index is 2.13. The monoisotopic (exact) mass is 162 g/mol. The van der Waals surface area contributed by atoms with Crippen molar-refractivity contribution in [2.75, 3.05) is 6.61 Å². The van der Waals surface area contributed by atoms with E-state index in [4.69, 9.17) is 11.9 Å². The molecule has 0 spiro atoms. The summed E-state index contributed by atoms with van der Waals surface area (Å²) < 4.78 is 4.59. The van der Waals surface area contributed by atoms with E-state index in [1.807, 2.05) is 0 Å². The minimum Gasteiger partial charge on any atom is -0.279 e. The van der Waals surface area contributed by atoms with Gasteiger partial charge in [-0.15, -0.1) is 0 Å². The summed E-state index contributed by atoms with van der Waals surface area (Å²) in [7, 11) is 0. The molecular weight excluding hydrogens is 148 g/mol. The highest BCUT2D eigenvalue weighted by Crippen LogP contribution is 2.28. The van der Waals surface area contributed by atoms with E-state index >= 15 is 0 Å². The van der Waals surface area contributed by atoms with Gasteiger partial charge in [0.1, 0.15) is 0 Å². The summed E-state index contributed by atoms with van der Waals surface area (Å²) >= 11 is 5.17. The van der Waals surface area contributed by atoms with Crippen LogP contribution in [0.25, 0.3) is 0 Å². The highest BCUT2D eigenvalue weighted by atomic mass is 35.5. The van der Waals surface area contributed by atoms with Crippen LogP contribution in [0, 0.1) is 11.8 Å². The Morgan fingerprint density at radius 1 is 1.30 bits per heavy atom. The molecule has 1 aliphatic carbocycles. The Morgan fingerprint density at radius 2 is 1.90 bits per heavy atom. The molecule has 10 heavy (non-hydrogen) atoms. The molecule has 0 atom stereocenters. The molecule has 0 amide bonds. The fraction of sp³-hybridized carbons (Fsp3) is 1.00. The van der Waals surface area contributed by atoms with Crippen molar-refractivity contribution in [3.05, 3.63) is 0 Å². The van der Waals surface area contributed by atoms with Crippen LogP contribution in [0.4, 0.5) is 0 Å². The van der Waals surface area contributed by atoms with Gasteiger partial charge < -0.3 is 0 Å². The minimum atomic E-state index is 0.730. The molecule has 0 bridgehead atoms. The third kappa shape index (κ3) is 2.47. The summed E-state index contributed by atoms with van der Waals surface area (Å²) in [4.78, 5) is 0. The molecule has 1 rings (SSSR count). The Bertz CT molecular complexity index is 87.3. The van der Waals surface area contributed by atoms with Gasteiger partial charge in [-0.3, -0.25) is 4.29 Å². The van der Waals surface area contributed by atoms with E-state index < -0.39 is 0 Å². The smallest absolute Gasteiger partial charge is 0.0710 e. The van der Waals surface area contributed by atoms with E-state index in [0.717, 1.165) is 18.4 Å². The lowest BCUT2D eigenvalue weighted by Crippen LogP contribution is -2.15. The van der Waals surface area contributed by atoms with Crippen molar-refractivity contribution in [3.8, 4) is 0 Å². The average molecular weight is 163 g/mol. The van der Waals surface area contributed by atoms with Gasteiger partial charge in [-0.2, -0.15) is 0 Å². The van der Waals surface area contributed by atoms with Crippen molar-refractivity contribution in [1.29, 1.82) is 0 Å². The molecule has 1 aliphatic rings. The van der Waals surface area contributed by atoms with Crippen molar-refractivity contribution in [3.63, 3.8) is 0 Å². The number of hydrogen-bond donors (Lipinski definition) is 0. The summed E-state index contributed by atoms with van der Waals surface area (Å²) in [6, 6.07) is 0. The highest BCUT2D eigenvalue weighted by molar-refractivity contribution is 6.07. The normalized spacial score (nSPS) is 34.2. The SMILES string of the molecule is CC1CCC(COCl)CC1. The fourth-order valence-corrected chi connectivity index (χ4v) is 1.76. The van der Waals surface area contributed by atoms with Crippen molar-refractivity contribution in [2.45, 2.75) is 32.6 Å². The van der Waals surface area contributed by atoms with E-state index in [-0.39, 0.29) is 0 Å². The molecule has 0 heterocycles. The molecule has 1 nitrogen and oxygen atoms in total. The summed E-state index contributed by atoms with van der Waals surface area (Å²) in [5, 5.41) is 0. The molecule has 0 aromatic rings. The maximum absolute atomic E-state index is 5.17. The van der Waals surface area contributed by atoms with Gasteiger partial charge >= 0.3 is 0 Å². The summed E-state index contributed by atoms with van der Waals surface area (Å²) in [6.07, 6.45) is 5.30. The Kier molecular flexibility index (Phi) is 3.50. The second-order valence-electron chi connectivity index (χ2n) is 3.40. The standard InChI is InChI=1S/C8H15ClO/c1-7-2-4-8(5-3-7)6-10-9/h7-8H,2-6H2,1H3. The Morgan fingerprint density at radius 3 is 2.40 bits per heavy atom. The van der Waals surface area contributed by atoms with Gasteiger partial charge in [0, 0.05) is 0 Å². The maximum Gasteiger partial charge on any atom is 0.0710 e. The van der Waals surface area contributed by atoms with E-state index in [0.29, 0.717) is 0 Å². The second kappa shape index (κ2) is 4.20. The van der Waals surface area contributed by atoms with Crippen molar-refractivity contribution >= 4 is 11.9 Å². The molecule has 1 fully saturated rings. The van der Waals surface area contributed by atoms with Gasteiger partial charge in [0.25, 0.3) is 0 Å². The van der Waals surface area contributed by atoms with Crippen LogP contribution in [-0.2, 0) is 4.29 Å². The molecule has 0 unspecified atom stereocenters. The topological polar surface area (TPSA) is 9.23 Å². The Hall–Kier alpha value is 0.250. The molecule has 0 N–H and O–H groups in total. The molecule has 0 radical (unpaired) electrons. The van der Waals surface area contributed by atoms with Crippen LogP contribution in [-0.4, -0.2) is 6.61 Å². The second-order valence-corrected chi connectivity index (χ2v) is 3.62. The molecular formula is C8H15ClO. The first-order chi connectivity index (χ1) is 4.83. The largest absolute Gasteiger partial charge is 0.279 e. The molecule has 2 heteroatoms. The van der Waals surface area contributed by atoms with Gasteiger partial charge in [0.2, 0.25) is 0 Å². The van der Waals surface area contributed by atoms with Gasteiger partial charge in [-0.05, 0) is 24.7 Å². The third-order valence-corrected chi connectivity index (χ3v) is 2.56. The van der Waals surface area contributed by atoms with Crippen LogP contribution in [0.1, 0.15) is 32.6 Å². The van der Waals surface area contributed by atoms with Crippen LogP contribution in [0.2, 0.25) is 0 Å². The van der Waals surface area contributed by atoms with E-state index in [1.54, 1.807) is 0 Å². The lowest BCUT2D eigenvalue weighted by Gasteiger charge is -2.24. The van der Waals surface area contributed by atoms with Gasteiger partial charge in [-0.1, -0.05) is 19.8 Å². The van der Waals surface area contributed by atoms with Gasteiger partial charge in [-0.25, -0.2) is 0 Å². The van der Waals surface area contributed by atoms with Crippen LogP contribution < -0.4 is 0 Å². The molecule has 0 saturated heterocycles. The lowest BCUT2D eigenvalue weighted by molar-refractivity contribution is 0.199. The first-order valence-corrected chi connectivity index (χ1v) is 4.37. The molecule has 0 aromatic carbocycles. The Labute approximate surface area is 67.9 Å². The number of hydrogen-bond acceptors (Lipinski definition) is 1. The van der Waals surface area contributed by atoms with E-state index in [1.165, 1.54) is 25.7 Å². The molecule has 1 saturated carbocycles. The molecule has 0 aromatic heterocycles. The first-order valence-electron chi connectivity index (χ1n) is 4.06. The van der Waals surface area contributed by atoms with Crippen LogP contribution >= 0.6 is 11.9 Å². The summed E-state index contributed by atoms with van der Waals surface area (Å²) in [6.45, 7) is 3.06. The predicted octanol–water partition coefficient (Wildman–Crippen LogP) is 2.98. The number of halogens is 1. The van der Waals surface area contributed by atoms with Gasteiger partial charge in [0.05, 0.1) is 18.5 Å². The lowest BCUT2D eigenvalue weighted by atomic mass is 9.83. The van der Waals surface area contributed by atoms with Gasteiger partial charge in [0.15, 0.2) is 0 Å². The fourth-order valence-electron chi connectivity index (χ4n) is 1.58. The summed E-state index contributed by atoms with van der Waals surface area (Å²) in [5.41, 5.74) is 0. The zero-order valence-electron chi connectivity index (χ0n) is 6.48. The quantitative estimate of drug-likeness (QED) is 0.607. The molecule has 60 valence electrons. The minimum absolute atomic E-state index is 0.730. The van der Waals surface area contributed by atoms with Crippen LogP contribution in [0.3, 0.4) is 0 Å². The number of rotatable bonds is 2. The van der Waals surface area contributed by atoms with Crippen LogP contribution in [0.15, 0.2) is 0 Å². The van der Waals surface area contributed by atoms with E-state index in [2.05, 4.69) is 11.2 Å². The zero-order valence-corrected chi connectivity index (χ0v) is 7.23. The van der Waals surface area contributed by atoms with Crippen LogP contribution in [0.5, 0.6) is 0 Å². The zero-order chi connectivity index (χ0) is 7.40. The molecule has 0 aliphatic heterocycles. The summed E-state index contributed by atoms with van der Waals surface area (Å²) in [5.74, 6) is 1.65.